The molecule has 0 saturated heterocycles. The summed E-state index contributed by atoms with van der Waals surface area (Å²) in [7, 11) is 0. The Hall–Kier alpha value is -1.78. The summed E-state index contributed by atoms with van der Waals surface area (Å²) >= 11 is 0. The summed E-state index contributed by atoms with van der Waals surface area (Å²) in [6, 6.07) is 1.22. The van der Waals surface area contributed by atoms with Crippen molar-refractivity contribution in [3.05, 3.63) is 18.0 Å². The average Bonchev–Trinajstić information content (AvgIpc) is 1.94. The van der Waals surface area contributed by atoms with Crippen LogP contribution in [0.25, 0.3) is 0 Å². The Balaban J connectivity index is 3.15. The van der Waals surface area contributed by atoms with Crippen LogP contribution in [0.5, 0.6) is 0 Å². The summed E-state index contributed by atoms with van der Waals surface area (Å²) in [4.78, 5) is 13.8. The van der Waals surface area contributed by atoms with Crippen molar-refractivity contribution in [1.29, 1.82) is 0 Å². The monoisotopic (exact) mass is 153 g/mol. The number of nitrogens with zero attached hydrogens (tertiary/aromatic N) is 1. The lowest BCUT2D eigenvalue weighted by Crippen LogP contribution is -2.03. The van der Waals surface area contributed by atoms with Crippen LogP contribution in [0.4, 0.5) is 11.4 Å². The van der Waals surface area contributed by atoms with Gasteiger partial charge in [0.2, 0.25) is 0 Å². The van der Waals surface area contributed by atoms with E-state index in [1.54, 1.807) is 0 Å². The summed E-state index contributed by atoms with van der Waals surface area (Å²) in [6.45, 7) is 0. The van der Waals surface area contributed by atoms with E-state index in [2.05, 4.69) is 4.98 Å². The minimum absolute atomic E-state index is 0.100. The summed E-state index contributed by atoms with van der Waals surface area (Å²) in [5.74, 6) is -1.11. The molecule has 1 aromatic heterocycles. The van der Waals surface area contributed by atoms with Crippen LogP contribution in [0.3, 0.4) is 0 Å². The van der Waals surface area contributed by atoms with E-state index in [0.717, 1.165) is 0 Å². The van der Waals surface area contributed by atoms with Gasteiger partial charge in [0.15, 0.2) is 0 Å². The maximum atomic E-state index is 10.3. The highest BCUT2D eigenvalue weighted by molar-refractivity contribution is 5.87. The number of carboxylic acids is 1. The molecule has 11 heavy (non-hydrogen) atoms. The molecule has 0 radical (unpaired) electrons. The molecule has 0 aromatic carbocycles. The quantitative estimate of drug-likeness (QED) is 0.524. The molecular weight excluding hydrogens is 146 g/mol. The largest absolute Gasteiger partial charge is 0.477 e. The summed E-state index contributed by atoms with van der Waals surface area (Å²) < 4.78 is 0. The number of aromatic carboxylic acids is 1. The SMILES string of the molecule is Nc1cnc(C(=O)O)cc1N. The third-order valence-corrected chi connectivity index (χ3v) is 1.19. The van der Waals surface area contributed by atoms with E-state index in [9.17, 15) is 4.79 Å². The number of anilines is 2. The fourth-order valence-corrected chi connectivity index (χ4v) is 0.598. The Labute approximate surface area is 62.7 Å². The van der Waals surface area contributed by atoms with Crippen molar-refractivity contribution in [3.63, 3.8) is 0 Å². The number of nitrogens with two attached hydrogens (primary N) is 2. The van der Waals surface area contributed by atoms with Gasteiger partial charge in [-0.15, -0.1) is 0 Å². The van der Waals surface area contributed by atoms with E-state index in [4.69, 9.17) is 16.6 Å². The molecule has 0 aliphatic heterocycles. The van der Waals surface area contributed by atoms with Crippen LogP contribution in [0.2, 0.25) is 0 Å². The molecule has 5 N–H and O–H groups in total. The zero-order valence-electron chi connectivity index (χ0n) is 5.61. The van der Waals surface area contributed by atoms with Crippen LogP contribution in [0.1, 0.15) is 10.5 Å². The van der Waals surface area contributed by atoms with Crippen LogP contribution in [-0.4, -0.2) is 16.1 Å². The molecule has 5 nitrogen and oxygen atoms in total. The molecule has 58 valence electrons. The molecule has 0 atom stereocenters. The molecule has 1 heterocycles. The molecular formula is C6H7N3O2. The highest BCUT2D eigenvalue weighted by atomic mass is 16.4. The van der Waals surface area contributed by atoms with Crippen molar-refractivity contribution in [1.82, 2.24) is 4.98 Å². The molecule has 0 spiro atoms. The number of hydrogen-bond donors (Lipinski definition) is 3. The summed E-state index contributed by atoms with van der Waals surface area (Å²) in [6.07, 6.45) is 1.22. The maximum Gasteiger partial charge on any atom is 0.354 e. The normalized spacial score (nSPS) is 9.45. The van der Waals surface area contributed by atoms with E-state index in [0.29, 0.717) is 0 Å². The number of hydrogen-bond acceptors (Lipinski definition) is 4. The third kappa shape index (κ3) is 1.37. The zero-order valence-corrected chi connectivity index (χ0v) is 5.61. The Morgan fingerprint density at radius 3 is 2.55 bits per heavy atom. The summed E-state index contributed by atoms with van der Waals surface area (Å²) in [5, 5.41) is 8.44. The smallest absolute Gasteiger partial charge is 0.354 e. The molecule has 0 unspecified atom stereocenters. The van der Waals surface area contributed by atoms with Gasteiger partial charge in [-0.25, -0.2) is 9.78 Å². The molecule has 0 amide bonds. The fraction of sp³-hybridized carbons (Fsp3) is 0. The first-order valence-electron chi connectivity index (χ1n) is 2.85. The highest BCUT2D eigenvalue weighted by Gasteiger charge is 2.05. The second-order valence-electron chi connectivity index (χ2n) is 2.00. The topological polar surface area (TPSA) is 102 Å². The van der Waals surface area contributed by atoms with Gasteiger partial charge >= 0.3 is 5.97 Å². The highest BCUT2D eigenvalue weighted by Crippen LogP contribution is 2.12. The second kappa shape index (κ2) is 2.45. The Morgan fingerprint density at radius 2 is 2.09 bits per heavy atom. The Kier molecular flexibility index (Phi) is 1.63. The van der Waals surface area contributed by atoms with Crippen LogP contribution < -0.4 is 11.5 Å². The van der Waals surface area contributed by atoms with Gasteiger partial charge in [0.1, 0.15) is 5.69 Å². The lowest BCUT2D eigenvalue weighted by atomic mass is 10.3. The van der Waals surface area contributed by atoms with Gasteiger partial charge in [0, 0.05) is 0 Å². The van der Waals surface area contributed by atoms with Crippen LogP contribution >= 0.6 is 0 Å². The van der Waals surface area contributed by atoms with Crippen LogP contribution in [-0.2, 0) is 0 Å². The van der Waals surface area contributed by atoms with E-state index < -0.39 is 5.97 Å². The Morgan fingerprint density at radius 1 is 1.45 bits per heavy atom. The van der Waals surface area contributed by atoms with E-state index in [1.165, 1.54) is 12.3 Å². The molecule has 0 fully saturated rings. The van der Waals surface area contributed by atoms with Gasteiger partial charge in [-0.3, -0.25) is 0 Å². The molecule has 0 aliphatic carbocycles. The van der Waals surface area contributed by atoms with E-state index >= 15 is 0 Å². The molecule has 1 aromatic rings. The van der Waals surface area contributed by atoms with Gasteiger partial charge in [0.25, 0.3) is 0 Å². The number of aromatic nitrogens is 1. The first-order chi connectivity index (χ1) is 5.11. The minimum atomic E-state index is -1.11. The number of rotatable bonds is 1. The average molecular weight is 153 g/mol. The van der Waals surface area contributed by atoms with Gasteiger partial charge < -0.3 is 16.6 Å². The number of pyridine rings is 1. The molecule has 0 saturated carbocycles. The predicted molar refractivity (Wildman–Crippen MR) is 40.0 cm³/mol. The lowest BCUT2D eigenvalue weighted by molar-refractivity contribution is 0.0690. The van der Waals surface area contributed by atoms with Crippen molar-refractivity contribution in [3.8, 4) is 0 Å². The second-order valence-corrected chi connectivity index (χ2v) is 2.00. The fourth-order valence-electron chi connectivity index (χ4n) is 0.598. The molecule has 0 aliphatic rings. The first kappa shape index (κ1) is 7.33. The minimum Gasteiger partial charge on any atom is -0.477 e. The lowest BCUT2D eigenvalue weighted by Gasteiger charge is -1.98. The van der Waals surface area contributed by atoms with Crippen LogP contribution in [0, 0.1) is 0 Å². The van der Waals surface area contributed by atoms with E-state index in [1.807, 2.05) is 0 Å². The number of carbonyl (C=O) groups is 1. The van der Waals surface area contributed by atoms with Gasteiger partial charge in [-0.2, -0.15) is 0 Å². The van der Waals surface area contributed by atoms with E-state index in [-0.39, 0.29) is 17.1 Å². The van der Waals surface area contributed by atoms with Gasteiger partial charge in [0.05, 0.1) is 17.6 Å². The maximum absolute atomic E-state index is 10.3. The first-order valence-corrected chi connectivity index (χ1v) is 2.85. The molecule has 0 bridgehead atoms. The predicted octanol–water partition coefficient (Wildman–Crippen LogP) is -0.0558. The van der Waals surface area contributed by atoms with Crippen molar-refractivity contribution < 1.29 is 9.90 Å². The Bertz CT molecular complexity index is 298. The van der Waals surface area contributed by atoms with Crippen molar-refractivity contribution in [2.24, 2.45) is 0 Å². The third-order valence-electron chi connectivity index (χ3n) is 1.19. The van der Waals surface area contributed by atoms with Crippen LogP contribution in [0.15, 0.2) is 12.3 Å². The molecule has 5 heteroatoms. The summed E-state index contributed by atoms with van der Waals surface area (Å²) in [5.41, 5.74) is 11.1. The standard InChI is InChI=1S/C6H7N3O2/c7-3-1-5(6(10)11)9-2-4(3)8/h1-2H,8H2,(H2,7,9)(H,10,11). The molecule has 1 rings (SSSR count). The van der Waals surface area contributed by atoms with Crippen molar-refractivity contribution >= 4 is 17.3 Å². The van der Waals surface area contributed by atoms with Gasteiger partial charge in [-0.1, -0.05) is 0 Å². The number of carboxylic acid groups (broad SMARTS) is 1. The van der Waals surface area contributed by atoms with Crippen molar-refractivity contribution in [2.45, 2.75) is 0 Å². The zero-order chi connectivity index (χ0) is 8.43. The van der Waals surface area contributed by atoms with Crippen molar-refractivity contribution in [2.75, 3.05) is 11.5 Å². The number of nitrogen functional groups attached to an aromatic ring is 2. The van der Waals surface area contributed by atoms with Gasteiger partial charge in [-0.05, 0) is 6.07 Å².